The molecule has 0 bridgehead atoms. The Bertz CT molecular complexity index is 372. The lowest BCUT2D eigenvalue weighted by molar-refractivity contribution is -0.0374. The van der Waals surface area contributed by atoms with Gasteiger partial charge in [-0.25, -0.2) is 9.86 Å². The van der Waals surface area contributed by atoms with Crippen LogP contribution in [0.25, 0.3) is 0 Å². The Labute approximate surface area is 85.7 Å². The van der Waals surface area contributed by atoms with Crippen LogP contribution in [-0.4, -0.2) is 34.4 Å². The second-order valence-electron chi connectivity index (χ2n) is 2.84. The number of hydroxylamine groups is 2. The molecule has 0 aliphatic heterocycles. The number of nitrogens with one attached hydrogen (secondary N) is 1. The predicted molar refractivity (Wildman–Crippen MR) is 52.0 cm³/mol. The standard InChI is InChI=1S/C9H10N2O4/c1-11(15)8(12)6-2-4-7(5-3-6)10-9(13)14/h2-5,10,15H,1H3,(H,13,14). The monoisotopic (exact) mass is 210 g/mol. The number of amides is 2. The van der Waals surface area contributed by atoms with Gasteiger partial charge in [0.05, 0.1) is 0 Å². The summed E-state index contributed by atoms with van der Waals surface area (Å²) in [5.74, 6) is -0.558. The molecule has 0 heterocycles. The highest BCUT2D eigenvalue weighted by Crippen LogP contribution is 2.10. The smallest absolute Gasteiger partial charge is 0.409 e. The van der Waals surface area contributed by atoms with Crippen LogP contribution in [-0.2, 0) is 0 Å². The van der Waals surface area contributed by atoms with Crippen LogP contribution in [0.2, 0.25) is 0 Å². The molecule has 0 saturated carbocycles. The summed E-state index contributed by atoms with van der Waals surface area (Å²) >= 11 is 0. The Morgan fingerprint density at radius 2 is 1.80 bits per heavy atom. The normalized spacial score (nSPS) is 9.47. The topological polar surface area (TPSA) is 89.9 Å². The van der Waals surface area contributed by atoms with E-state index >= 15 is 0 Å². The Morgan fingerprint density at radius 3 is 2.20 bits per heavy atom. The number of nitrogens with zero attached hydrogens (tertiary/aromatic N) is 1. The van der Waals surface area contributed by atoms with Crippen molar-refractivity contribution in [3.63, 3.8) is 0 Å². The molecular formula is C9H10N2O4. The van der Waals surface area contributed by atoms with Crippen LogP contribution in [0.1, 0.15) is 10.4 Å². The van der Waals surface area contributed by atoms with Crippen molar-refractivity contribution >= 4 is 17.7 Å². The maximum Gasteiger partial charge on any atom is 0.409 e. The van der Waals surface area contributed by atoms with Crippen LogP contribution in [0.4, 0.5) is 10.5 Å². The lowest BCUT2D eigenvalue weighted by Gasteiger charge is -2.08. The van der Waals surface area contributed by atoms with E-state index < -0.39 is 12.0 Å². The fraction of sp³-hybridized carbons (Fsp3) is 0.111. The van der Waals surface area contributed by atoms with Crippen molar-refractivity contribution in [2.24, 2.45) is 0 Å². The predicted octanol–water partition coefficient (Wildman–Crippen LogP) is 1.24. The highest BCUT2D eigenvalue weighted by molar-refractivity contribution is 5.94. The van der Waals surface area contributed by atoms with Gasteiger partial charge in [0.1, 0.15) is 0 Å². The van der Waals surface area contributed by atoms with E-state index in [-0.39, 0.29) is 5.56 Å². The van der Waals surface area contributed by atoms with Gasteiger partial charge in [-0.2, -0.15) is 0 Å². The number of anilines is 1. The molecule has 0 spiro atoms. The third-order valence-corrected chi connectivity index (χ3v) is 1.68. The lowest BCUT2D eigenvalue weighted by atomic mass is 10.2. The van der Waals surface area contributed by atoms with E-state index in [1.807, 2.05) is 0 Å². The lowest BCUT2D eigenvalue weighted by Crippen LogP contribution is -2.22. The number of hydrogen-bond donors (Lipinski definition) is 3. The minimum absolute atomic E-state index is 0.274. The molecule has 6 nitrogen and oxygen atoms in total. The summed E-state index contributed by atoms with van der Waals surface area (Å²) in [7, 11) is 1.21. The Hall–Kier alpha value is -2.08. The summed E-state index contributed by atoms with van der Waals surface area (Å²) in [6.45, 7) is 0. The minimum atomic E-state index is -1.17. The van der Waals surface area contributed by atoms with Crippen LogP contribution in [0, 0.1) is 0 Å². The molecule has 15 heavy (non-hydrogen) atoms. The van der Waals surface area contributed by atoms with Crippen molar-refractivity contribution in [1.82, 2.24) is 5.06 Å². The molecule has 1 aromatic rings. The first kappa shape index (κ1) is 11.0. The fourth-order valence-electron chi connectivity index (χ4n) is 1.01. The zero-order valence-electron chi connectivity index (χ0n) is 7.97. The summed E-state index contributed by atoms with van der Waals surface area (Å²) in [5.41, 5.74) is 0.635. The summed E-state index contributed by atoms with van der Waals surface area (Å²) < 4.78 is 0. The molecule has 3 N–H and O–H groups in total. The van der Waals surface area contributed by atoms with Crippen LogP contribution < -0.4 is 5.32 Å². The van der Waals surface area contributed by atoms with Gasteiger partial charge in [-0.1, -0.05) is 0 Å². The van der Waals surface area contributed by atoms with Gasteiger partial charge in [0.15, 0.2) is 0 Å². The molecule has 0 fully saturated rings. The van der Waals surface area contributed by atoms with E-state index in [4.69, 9.17) is 10.3 Å². The van der Waals surface area contributed by atoms with E-state index in [1.165, 1.54) is 31.3 Å². The third kappa shape index (κ3) is 2.96. The maximum atomic E-state index is 11.2. The van der Waals surface area contributed by atoms with Gasteiger partial charge < -0.3 is 5.11 Å². The van der Waals surface area contributed by atoms with Gasteiger partial charge in [0, 0.05) is 18.3 Å². The van der Waals surface area contributed by atoms with Gasteiger partial charge in [-0.05, 0) is 24.3 Å². The molecule has 0 saturated heterocycles. The molecular weight excluding hydrogens is 200 g/mol. The number of rotatable bonds is 2. The van der Waals surface area contributed by atoms with Crippen molar-refractivity contribution < 1.29 is 19.9 Å². The average Bonchev–Trinajstić information content (AvgIpc) is 2.17. The molecule has 0 aliphatic rings. The molecule has 0 unspecified atom stereocenters. The first-order chi connectivity index (χ1) is 7.00. The maximum absolute atomic E-state index is 11.2. The fourth-order valence-corrected chi connectivity index (χ4v) is 1.01. The molecule has 0 aromatic heterocycles. The summed E-state index contributed by atoms with van der Waals surface area (Å²) in [5, 5.41) is 19.9. The number of carboxylic acid groups (broad SMARTS) is 1. The highest BCUT2D eigenvalue weighted by Gasteiger charge is 2.08. The second-order valence-corrected chi connectivity index (χ2v) is 2.84. The minimum Gasteiger partial charge on any atom is -0.465 e. The van der Waals surface area contributed by atoms with Crippen molar-refractivity contribution in [3.05, 3.63) is 29.8 Å². The van der Waals surface area contributed by atoms with Crippen LogP contribution in [0.15, 0.2) is 24.3 Å². The van der Waals surface area contributed by atoms with Crippen molar-refractivity contribution in [1.29, 1.82) is 0 Å². The van der Waals surface area contributed by atoms with Gasteiger partial charge in [-0.15, -0.1) is 0 Å². The number of carbonyl (C=O) groups excluding carboxylic acids is 1. The summed E-state index contributed by atoms with van der Waals surface area (Å²) in [4.78, 5) is 21.5. The van der Waals surface area contributed by atoms with Gasteiger partial charge >= 0.3 is 6.09 Å². The van der Waals surface area contributed by atoms with E-state index in [1.54, 1.807) is 0 Å². The molecule has 0 radical (unpaired) electrons. The summed E-state index contributed by atoms with van der Waals surface area (Å²) in [6.07, 6.45) is -1.17. The largest absolute Gasteiger partial charge is 0.465 e. The molecule has 1 rings (SSSR count). The van der Waals surface area contributed by atoms with Crippen molar-refractivity contribution in [3.8, 4) is 0 Å². The number of hydrogen-bond acceptors (Lipinski definition) is 3. The first-order valence-corrected chi connectivity index (χ1v) is 4.07. The van der Waals surface area contributed by atoms with Crippen molar-refractivity contribution in [2.45, 2.75) is 0 Å². The molecule has 2 amide bonds. The van der Waals surface area contributed by atoms with Crippen molar-refractivity contribution in [2.75, 3.05) is 12.4 Å². The van der Waals surface area contributed by atoms with E-state index in [0.717, 1.165) is 0 Å². The number of benzene rings is 1. The van der Waals surface area contributed by atoms with E-state index in [2.05, 4.69) is 5.32 Å². The Morgan fingerprint density at radius 1 is 1.27 bits per heavy atom. The molecule has 80 valence electrons. The zero-order valence-corrected chi connectivity index (χ0v) is 7.97. The zero-order chi connectivity index (χ0) is 11.4. The SMILES string of the molecule is CN(O)C(=O)c1ccc(NC(=O)O)cc1. The highest BCUT2D eigenvalue weighted by atomic mass is 16.5. The molecule has 0 aliphatic carbocycles. The van der Waals surface area contributed by atoms with E-state index in [9.17, 15) is 9.59 Å². The van der Waals surface area contributed by atoms with Crippen LogP contribution >= 0.6 is 0 Å². The molecule has 0 atom stereocenters. The summed E-state index contributed by atoms with van der Waals surface area (Å²) in [6, 6.07) is 5.70. The Balaban J connectivity index is 2.81. The second kappa shape index (κ2) is 4.43. The first-order valence-electron chi connectivity index (χ1n) is 4.07. The van der Waals surface area contributed by atoms with Crippen LogP contribution in [0.3, 0.4) is 0 Å². The molecule has 6 heteroatoms. The van der Waals surface area contributed by atoms with Gasteiger partial charge in [0.25, 0.3) is 5.91 Å². The van der Waals surface area contributed by atoms with Gasteiger partial charge in [-0.3, -0.25) is 15.3 Å². The molecule has 1 aromatic carbocycles. The number of carbonyl (C=O) groups is 2. The third-order valence-electron chi connectivity index (χ3n) is 1.68. The van der Waals surface area contributed by atoms with E-state index in [0.29, 0.717) is 10.8 Å². The quantitative estimate of drug-likeness (QED) is 0.506. The Kier molecular flexibility index (Phi) is 3.25. The average molecular weight is 210 g/mol. The van der Waals surface area contributed by atoms with Crippen LogP contribution in [0.5, 0.6) is 0 Å². The van der Waals surface area contributed by atoms with Gasteiger partial charge in [0.2, 0.25) is 0 Å².